The topological polar surface area (TPSA) is 52.3 Å². The highest BCUT2D eigenvalue weighted by atomic mass is 32.2. The minimum Gasteiger partial charge on any atom is -0.465 e. The molecule has 13 heavy (non-hydrogen) atoms. The van der Waals surface area contributed by atoms with E-state index in [1.54, 1.807) is 6.92 Å². The Morgan fingerprint density at radius 2 is 2.38 bits per heavy atom. The van der Waals surface area contributed by atoms with Crippen LogP contribution in [0.15, 0.2) is 0 Å². The molecular weight excluding hydrogens is 193 g/mol. The minimum atomic E-state index is -0.579. The fourth-order valence-corrected chi connectivity index (χ4v) is 1.55. The lowest BCUT2D eigenvalue weighted by atomic mass is 10.4. The number of esters is 1. The van der Waals surface area contributed by atoms with E-state index >= 15 is 0 Å². The Labute approximate surface area is 82.2 Å². The Morgan fingerprint density at radius 1 is 1.69 bits per heavy atom. The number of rotatable bonds is 7. The summed E-state index contributed by atoms with van der Waals surface area (Å²) in [5.41, 5.74) is 5.50. The molecule has 0 aliphatic heterocycles. The van der Waals surface area contributed by atoms with E-state index < -0.39 is 6.04 Å². The molecule has 0 rings (SSSR count). The first kappa shape index (κ1) is 12.7. The van der Waals surface area contributed by atoms with Gasteiger partial charge in [-0.15, -0.1) is 0 Å². The number of ether oxygens (including phenoxy) is 1. The molecule has 78 valence electrons. The summed E-state index contributed by atoms with van der Waals surface area (Å²) in [5, 5.41) is 0. The Balaban J connectivity index is 3.38. The molecule has 0 fully saturated rings. The van der Waals surface area contributed by atoms with Crippen LogP contribution in [0.25, 0.3) is 0 Å². The number of hydrogen-bond donors (Lipinski definition) is 1. The quantitative estimate of drug-likeness (QED) is 0.501. The second-order valence-electron chi connectivity index (χ2n) is 2.48. The van der Waals surface area contributed by atoms with Gasteiger partial charge in [-0.3, -0.25) is 9.18 Å². The fraction of sp³-hybridized carbons (Fsp3) is 0.875. The fourth-order valence-electron chi connectivity index (χ4n) is 0.684. The van der Waals surface area contributed by atoms with Gasteiger partial charge >= 0.3 is 5.97 Å². The number of carbonyl (C=O) groups is 1. The third-order valence-electron chi connectivity index (χ3n) is 1.31. The van der Waals surface area contributed by atoms with Crippen molar-refractivity contribution in [2.45, 2.75) is 19.4 Å². The molecule has 0 aromatic rings. The van der Waals surface area contributed by atoms with Crippen molar-refractivity contribution in [2.24, 2.45) is 5.73 Å². The van der Waals surface area contributed by atoms with E-state index in [2.05, 4.69) is 0 Å². The number of alkyl halides is 1. The molecule has 0 aromatic carbocycles. The molecule has 2 N–H and O–H groups in total. The highest BCUT2D eigenvalue weighted by Gasteiger charge is 2.13. The molecule has 0 aromatic heterocycles. The van der Waals surface area contributed by atoms with Crippen LogP contribution in [-0.2, 0) is 9.53 Å². The van der Waals surface area contributed by atoms with Crippen LogP contribution in [0.3, 0.4) is 0 Å². The Kier molecular flexibility index (Phi) is 8.13. The molecule has 0 amide bonds. The highest BCUT2D eigenvalue weighted by Crippen LogP contribution is 2.04. The first-order valence-corrected chi connectivity index (χ1v) is 5.43. The van der Waals surface area contributed by atoms with E-state index in [1.807, 2.05) is 0 Å². The zero-order valence-electron chi connectivity index (χ0n) is 7.79. The average molecular weight is 209 g/mol. The SMILES string of the molecule is CCOC(=O)C(N)CSCCCF. The van der Waals surface area contributed by atoms with Gasteiger partial charge in [-0.25, -0.2) is 0 Å². The largest absolute Gasteiger partial charge is 0.465 e. The van der Waals surface area contributed by atoms with Crippen LogP contribution in [0.2, 0.25) is 0 Å². The van der Waals surface area contributed by atoms with E-state index in [1.165, 1.54) is 11.8 Å². The smallest absolute Gasteiger partial charge is 0.323 e. The molecule has 0 radical (unpaired) electrons. The van der Waals surface area contributed by atoms with Crippen molar-refractivity contribution in [1.82, 2.24) is 0 Å². The molecule has 0 saturated heterocycles. The average Bonchev–Trinajstić information content (AvgIpc) is 2.12. The lowest BCUT2D eigenvalue weighted by Gasteiger charge is -2.09. The number of nitrogens with two attached hydrogens (primary N) is 1. The molecule has 0 bridgehead atoms. The first-order valence-electron chi connectivity index (χ1n) is 4.28. The summed E-state index contributed by atoms with van der Waals surface area (Å²) >= 11 is 1.47. The molecule has 0 saturated carbocycles. The van der Waals surface area contributed by atoms with Crippen molar-refractivity contribution in [3.63, 3.8) is 0 Å². The van der Waals surface area contributed by atoms with Crippen molar-refractivity contribution in [3.8, 4) is 0 Å². The summed E-state index contributed by atoms with van der Waals surface area (Å²) in [4.78, 5) is 11.0. The summed E-state index contributed by atoms with van der Waals surface area (Å²) in [7, 11) is 0. The maximum atomic E-state index is 11.7. The van der Waals surface area contributed by atoms with Crippen LogP contribution in [0.1, 0.15) is 13.3 Å². The van der Waals surface area contributed by atoms with Gasteiger partial charge in [0.25, 0.3) is 0 Å². The molecule has 1 unspecified atom stereocenters. The number of halogens is 1. The van der Waals surface area contributed by atoms with Crippen LogP contribution in [-0.4, -0.2) is 36.8 Å². The molecular formula is C8H16FNO2S. The summed E-state index contributed by atoms with van der Waals surface area (Å²) in [6.45, 7) is 1.77. The zero-order chi connectivity index (χ0) is 10.1. The van der Waals surface area contributed by atoms with Gasteiger partial charge in [-0.2, -0.15) is 11.8 Å². The van der Waals surface area contributed by atoms with Crippen LogP contribution >= 0.6 is 11.8 Å². The van der Waals surface area contributed by atoms with E-state index in [9.17, 15) is 9.18 Å². The maximum absolute atomic E-state index is 11.7. The van der Waals surface area contributed by atoms with Crippen molar-refractivity contribution in [3.05, 3.63) is 0 Å². The molecule has 0 aliphatic carbocycles. The maximum Gasteiger partial charge on any atom is 0.323 e. The normalized spacial score (nSPS) is 12.5. The van der Waals surface area contributed by atoms with Gasteiger partial charge in [0.15, 0.2) is 0 Å². The highest BCUT2D eigenvalue weighted by molar-refractivity contribution is 7.99. The van der Waals surface area contributed by atoms with Crippen LogP contribution < -0.4 is 5.73 Å². The van der Waals surface area contributed by atoms with Gasteiger partial charge in [0.1, 0.15) is 6.04 Å². The third kappa shape index (κ3) is 6.83. The molecule has 1 atom stereocenters. The standard InChI is InChI=1S/C8H16FNO2S/c1-2-12-8(11)7(10)6-13-5-3-4-9/h7H,2-6,10H2,1H3. The number of hydrogen-bond acceptors (Lipinski definition) is 4. The summed E-state index contributed by atoms with van der Waals surface area (Å²) in [6, 6.07) is -0.579. The van der Waals surface area contributed by atoms with Crippen LogP contribution in [0, 0.1) is 0 Å². The van der Waals surface area contributed by atoms with Gasteiger partial charge in [0.2, 0.25) is 0 Å². The lowest BCUT2D eigenvalue weighted by molar-refractivity contribution is -0.144. The van der Waals surface area contributed by atoms with Crippen molar-refractivity contribution in [2.75, 3.05) is 24.8 Å². The van der Waals surface area contributed by atoms with Crippen molar-refractivity contribution >= 4 is 17.7 Å². The van der Waals surface area contributed by atoms with E-state index in [4.69, 9.17) is 10.5 Å². The van der Waals surface area contributed by atoms with Gasteiger partial charge in [-0.05, 0) is 19.1 Å². The minimum absolute atomic E-state index is 0.318. The Morgan fingerprint density at radius 3 is 2.92 bits per heavy atom. The summed E-state index contributed by atoms with van der Waals surface area (Å²) < 4.78 is 16.4. The molecule has 0 aliphatic rings. The van der Waals surface area contributed by atoms with Crippen molar-refractivity contribution < 1.29 is 13.9 Å². The third-order valence-corrected chi connectivity index (χ3v) is 2.48. The molecule has 0 spiro atoms. The van der Waals surface area contributed by atoms with E-state index in [0.717, 1.165) is 0 Å². The van der Waals surface area contributed by atoms with Crippen LogP contribution in [0.5, 0.6) is 0 Å². The number of carbonyl (C=O) groups excluding carboxylic acids is 1. The van der Waals surface area contributed by atoms with Gasteiger partial charge < -0.3 is 10.5 Å². The first-order chi connectivity index (χ1) is 6.22. The lowest BCUT2D eigenvalue weighted by Crippen LogP contribution is -2.34. The van der Waals surface area contributed by atoms with E-state index in [-0.39, 0.29) is 12.6 Å². The summed E-state index contributed by atoms with van der Waals surface area (Å²) in [6.07, 6.45) is 0.514. The van der Waals surface area contributed by atoms with E-state index in [0.29, 0.717) is 24.5 Å². The van der Waals surface area contributed by atoms with Gasteiger partial charge in [-0.1, -0.05) is 0 Å². The zero-order valence-corrected chi connectivity index (χ0v) is 8.61. The summed E-state index contributed by atoms with van der Waals surface area (Å²) in [5.74, 6) is 0.817. The predicted molar refractivity (Wildman–Crippen MR) is 52.5 cm³/mol. The van der Waals surface area contributed by atoms with Crippen molar-refractivity contribution in [1.29, 1.82) is 0 Å². The van der Waals surface area contributed by atoms with Crippen LogP contribution in [0.4, 0.5) is 4.39 Å². The molecule has 3 nitrogen and oxygen atoms in total. The Bertz CT molecular complexity index is 146. The van der Waals surface area contributed by atoms with Gasteiger partial charge in [0.05, 0.1) is 13.3 Å². The second-order valence-corrected chi connectivity index (χ2v) is 3.63. The Hall–Kier alpha value is -0.290. The molecule has 5 heteroatoms. The predicted octanol–water partition coefficient (Wildman–Crippen LogP) is 0.970. The monoisotopic (exact) mass is 209 g/mol. The second kappa shape index (κ2) is 8.31. The molecule has 0 heterocycles. The number of thioether (sulfide) groups is 1. The van der Waals surface area contributed by atoms with Gasteiger partial charge in [0, 0.05) is 5.75 Å².